The van der Waals surface area contributed by atoms with Crippen molar-refractivity contribution in [3.63, 3.8) is 0 Å². The minimum atomic E-state index is 0.937. The minimum Gasteiger partial charge on any atom is -0.0651 e. The van der Waals surface area contributed by atoms with E-state index in [4.69, 9.17) is 0 Å². The highest BCUT2D eigenvalue weighted by Crippen LogP contribution is 2.41. The summed E-state index contributed by atoms with van der Waals surface area (Å²) in [6.45, 7) is 9.52. The molecule has 2 atom stereocenters. The first-order valence-electron chi connectivity index (χ1n) is 5.15. The fraction of sp³-hybridized carbons (Fsp3) is 1.00. The van der Waals surface area contributed by atoms with Gasteiger partial charge in [-0.1, -0.05) is 34.1 Å². The van der Waals surface area contributed by atoms with E-state index in [-0.39, 0.29) is 0 Å². The smallest absolute Gasteiger partial charge is 0.0381 e. The van der Waals surface area contributed by atoms with Crippen LogP contribution in [0, 0.1) is 23.7 Å². The van der Waals surface area contributed by atoms with Crippen LogP contribution in [-0.4, -0.2) is 0 Å². The van der Waals surface area contributed by atoms with Crippen molar-refractivity contribution >= 4 is 0 Å². The Labute approximate surface area is 71.4 Å². The summed E-state index contributed by atoms with van der Waals surface area (Å²) in [6.07, 6.45) is 4.34. The number of rotatable bonds is 3. The van der Waals surface area contributed by atoms with Crippen LogP contribution in [0.3, 0.4) is 0 Å². The summed E-state index contributed by atoms with van der Waals surface area (Å²) >= 11 is 0. The number of hydrogen-bond acceptors (Lipinski definition) is 0. The summed E-state index contributed by atoms with van der Waals surface area (Å²) in [5, 5.41) is 0. The van der Waals surface area contributed by atoms with Crippen molar-refractivity contribution in [3.05, 3.63) is 0 Å². The molecular weight excluding hydrogens is 132 g/mol. The summed E-state index contributed by atoms with van der Waals surface area (Å²) in [7, 11) is 0. The summed E-state index contributed by atoms with van der Waals surface area (Å²) in [5.41, 5.74) is 0. The molecule has 0 heterocycles. The predicted octanol–water partition coefficient (Wildman–Crippen LogP) is 3.71. The van der Waals surface area contributed by atoms with Gasteiger partial charge in [-0.15, -0.1) is 0 Å². The first kappa shape index (κ1) is 9.09. The van der Waals surface area contributed by atoms with Gasteiger partial charge in [-0.3, -0.25) is 0 Å². The molecule has 2 unspecified atom stereocenters. The second kappa shape index (κ2) is 3.60. The molecule has 0 nitrogen and oxygen atoms in total. The summed E-state index contributed by atoms with van der Waals surface area (Å²) in [5.74, 6) is 3.98. The van der Waals surface area contributed by atoms with Crippen LogP contribution in [-0.2, 0) is 0 Å². The first-order valence-corrected chi connectivity index (χ1v) is 5.15. The van der Waals surface area contributed by atoms with Crippen LogP contribution in [0.4, 0.5) is 0 Å². The maximum atomic E-state index is 2.44. The third-order valence-electron chi connectivity index (χ3n) is 3.70. The van der Waals surface area contributed by atoms with Gasteiger partial charge in [0.15, 0.2) is 0 Å². The van der Waals surface area contributed by atoms with E-state index in [1.54, 1.807) is 0 Å². The maximum Gasteiger partial charge on any atom is -0.0381 e. The average molecular weight is 154 g/mol. The van der Waals surface area contributed by atoms with Crippen molar-refractivity contribution < 1.29 is 0 Å². The van der Waals surface area contributed by atoms with Crippen LogP contribution < -0.4 is 0 Å². The molecule has 11 heavy (non-hydrogen) atoms. The molecule has 66 valence electrons. The van der Waals surface area contributed by atoms with Gasteiger partial charge in [-0.2, -0.15) is 0 Å². The van der Waals surface area contributed by atoms with E-state index in [2.05, 4.69) is 27.7 Å². The molecule has 0 aromatic rings. The van der Waals surface area contributed by atoms with Gasteiger partial charge in [0.05, 0.1) is 0 Å². The second-order valence-corrected chi connectivity index (χ2v) is 4.58. The fourth-order valence-electron chi connectivity index (χ4n) is 2.23. The zero-order chi connectivity index (χ0) is 8.43. The maximum absolute atomic E-state index is 2.44. The van der Waals surface area contributed by atoms with Crippen LogP contribution in [0.1, 0.15) is 47.0 Å². The molecule has 0 aliphatic heterocycles. The molecule has 0 bridgehead atoms. The zero-order valence-electron chi connectivity index (χ0n) is 8.43. The largest absolute Gasteiger partial charge is 0.0651 e. The van der Waals surface area contributed by atoms with Crippen LogP contribution in [0.25, 0.3) is 0 Å². The zero-order valence-corrected chi connectivity index (χ0v) is 8.43. The molecular formula is C11H22. The van der Waals surface area contributed by atoms with Crippen molar-refractivity contribution in [3.8, 4) is 0 Å². The van der Waals surface area contributed by atoms with E-state index < -0.39 is 0 Å². The highest BCUT2D eigenvalue weighted by molar-refractivity contribution is 4.82. The molecule has 1 fully saturated rings. The predicted molar refractivity (Wildman–Crippen MR) is 50.5 cm³/mol. The highest BCUT2D eigenvalue weighted by atomic mass is 14.4. The van der Waals surface area contributed by atoms with Gasteiger partial charge in [-0.05, 0) is 36.5 Å². The third-order valence-corrected chi connectivity index (χ3v) is 3.70. The van der Waals surface area contributed by atoms with Crippen molar-refractivity contribution in [2.75, 3.05) is 0 Å². The van der Waals surface area contributed by atoms with Gasteiger partial charge < -0.3 is 0 Å². The lowest BCUT2D eigenvalue weighted by atomic mass is 9.66. The molecule has 0 spiro atoms. The quantitative estimate of drug-likeness (QED) is 0.581. The summed E-state index contributed by atoms with van der Waals surface area (Å²) < 4.78 is 0. The van der Waals surface area contributed by atoms with E-state index in [1.807, 2.05) is 0 Å². The van der Waals surface area contributed by atoms with E-state index >= 15 is 0 Å². The summed E-state index contributed by atoms with van der Waals surface area (Å²) in [6, 6.07) is 0. The normalized spacial score (nSPS) is 36.0. The Balaban J connectivity index is 2.25. The third kappa shape index (κ3) is 1.98. The Bertz CT molecular complexity index is 111. The van der Waals surface area contributed by atoms with E-state index in [0.717, 1.165) is 23.7 Å². The highest BCUT2D eigenvalue weighted by Gasteiger charge is 2.31. The van der Waals surface area contributed by atoms with Crippen molar-refractivity contribution in [1.29, 1.82) is 0 Å². The lowest BCUT2D eigenvalue weighted by Gasteiger charge is -2.39. The van der Waals surface area contributed by atoms with Gasteiger partial charge in [0.1, 0.15) is 0 Å². The van der Waals surface area contributed by atoms with Crippen molar-refractivity contribution in [1.82, 2.24) is 0 Å². The molecule has 1 rings (SSSR count). The van der Waals surface area contributed by atoms with Crippen LogP contribution in [0.2, 0.25) is 0 Å². The Morgan fingerprint density at radius 1 is 1.27 bits per heavy atom. The SMILES string of the molecule is CCC(C)C(C)C1CC(C)C1. The second-order valence-electron chi connectivity index (χ2n) is 4.58. The van der Waals surface area contributed by atoms with Gasteiger partial charge in [-0.25, -0.2) is 0 Å². The molecule has 1 aliphatic carbocycles. The lowest BCUT2D eigenvalue weighted by Crippen LogP contribution is -2.30. The minimum absolute atomic E-state index is 0.937. The van der Waals surface area contributed by atoms with Crippen LogP contribution >= 0.6 is 0 Å². The molecule has 0 N–H and O–H groups in total. The molecule has 0 aromatic carbocycles. The summed E-state index contributed by atoms with van der Waals surface area (Å²) in [4.78, 5) is 0. The van der Waals surface area contributed by atoms with Gasteiger partial charge in [0, 0.05) is 0 Å². The molecule has 0 heteroatoms. The molecule has 1 aliphatic rings. The van der Waals surface area contributed by atoms with E-state index in [0.29, 0.717) is 0 Å². The van der Waals surface area contributed by atoms with Gasteiger partial charge >= 0.3 is 0 Å². The van der Waals surface area contributed by atoms with E-state index in [1.165, 1.54) is 19.3 Å². The Morgan fingerprint density at radius 3 is 2.18 bits per heavy atom. The molecule has 1 saturated carbocycles. The van der Waals surface area contributed by atoms with Gasteiger partial charge in [0.25, 0.3) is 0 Å². The fourth-order valence-corrected chi connectivity index (χ4v) is 2.23. The monoisotopic (exact) mass is 154 g/mol. The van der Waals surface area contributed by atoms with Crippen LogP contribution in [0.15, 0.2) is 0 Å². The van der Waals surface area contributed by atoms with Crippen LogP contribution in [0.5, 0.6) is 0 Å². The first-order chi connectivity index (χ1) is 5.15. The molecule has 0 aromatic heterocycles. The average Bonchev–Trinajstić information content (AvgIpc) is 1.96. The standard InChI is InChI=1S/C11H22/c1-5-9(3)10(4)11-6-8(2)7-11/h8-11H,5-7H2,1-4H3. The molecule has 0 saturated heterocycles. The van der Waals surface area contributed by atoms with Crippen molar-refractivity contribution in [2.45, 2.75) is 47.0 Å². The lowest BCUT2D eigenvalue weighted by molar-refractivity contribution is 0.110. The Morgan fingerprint density at radius 2 is 1.82 bits per heavy atom. The topological polar surface area (TPSA) is 0 Å². The Hall–Kier alpha value is 0. The van der Waals surface area contributed by atoms with Gasteiger partial charge in [0.2, 0.25) is 0 Å². The number of hydrogen-bond donors (Lipinski definition) is 0. The van der Waals surface area contributed by atoms with E-state index in [9.17, 15) is 0 Å². The molecule has 0 amide bonds. The Kier molecular flexibility index (Phi) is 2.98. The molecule has 0 radical (unpaired) electrons. The van der Waals surface area contributed by atoms with Crippen molar-refractivity contribution in [2.24, 2.45) is 23.7 Å².